The standard InChI is InChI=1S/C6H12N2O2/c1-2-8(10-3-1)6-4-7-5-9-6/h6-7H,1-5H2. The summed E-state index contributed by atoms with van der Waals surface area (Å²) in [4.78, 5) is 5.31. The van der Waals surface area contributed by atoms with Crippen LogP contribution in [0, 0.1) is 0 Å². The largest absolute Gasteiger partial charge is 0.345 e. The van der Waals surface area contributed by atoms with E-state index in [1.807, 2.05) is 5.06 Å². The fourth-order valence-corrected chi connectivity index (χ4v) is 1.28. The van der Waals surface area contributed by atoms with Crippen molar-refractivity contribution in [3.63, 3.8) is 0 Å². The van der Waals surface area contributed by atoms with Crippen molar-refractivity contribution in [2.24, 2.45) is 0 Å². The molecule has 0 aromatic heterocycles. The maximum Gasteiger partial charge on any atom is 0.147 e. The molecule has 1 unspecified atom stereocenters. The SMILES string of the molecule is C1CON(C2CNCO2)C1. The van der Waals surface area contributed by atoms with Gasteiger partial charge in [0.15, 0.2) is 0 Å². The van der Waals surface area contributed by atoms with Crippen LogP contribution in [0.2, 0.25) is 0 Å². The molecule has 10 heavy (non-hydrogen) atoms. The van der Waals surface area contributed by atoms with Crippen molar-refractivity contribution in [1.29, 1.82) is 0 Å². The molecule has 0 aromatic carbocycles. The van der Waals surface area contributed by atoms with E-state index in [2.05, 4.69) is 5.32 Å². The van der Waals surface area contributed by atoms with E-state index in [1.165, 1.54) is 0 Å². The molecule has 1 N–H and O–H groups in total. The summed E-state index contributed by atoms with van der Waals surface area (Å²) in [6.45, 7) is 3.40. The Balaban J connectivity index is 1.85. The van der Waals surface area contributed by atoms with Crippen LogP contribution in [0.3, 0.4) is 0 Å². The quantitative estimate of drug-likeness (QED) is 0.539. The number of hydrogen-bond donors (Lipinski definition) is 1. The lowest BCUT2D eigenvalue weighted by atomic mass is 10.4. The molecule has 2 rings (SSSR count). The van der Waals surface area contributed by atoms with E-state index in [0.717, 1.165) is 26.1 Å². The molecule has 2 aliphatic rings. The highest BCUT2D eigenvalue weighted by molar-refractivity contribution is 4.65. The molecule has 0 aliphatic carbocycles. The van der Waals surface area contributed by atoms with Gasteiger partial charge >= 0.3 is 0 Å². The van der Waals surface area contributed by atoms with Crippen LogP contribution in [0.15, 0.2) is 0 Å². The maximum atomic E-state index is 5.33. The molecule has 0 spiro atoms. The van der Waals surface area contributed by atoms with Crippen molar-refractivity contribution in [2.45, 2.75) is 12.6 Å². The summed E-state index contributed by atoms with van der Waals surface area (Å²) < 4.78 is 5.33. The van der Waals surface area contributed by atoms with Gasteiger partial charge in [0, 0.05) is 13.1 Å². The first-order valence-corrected chi connectivity index (χ1v) is 3.69. The second-order valence-electron chi connectivity index (χ2n) is 2.55. The molecule has 58 valence electrons. The minimum Gasteiger partial charge on any atom is -0.345 e. The molecule has 0 saturated carbocycles. The van der Waals surface area contributed by atoms with E-state index in [1.54, 1.807) is 0 Å². The maximum absolute atomic E-state index is 5.33. The highest BCUT2D eigenvalue weighted by atomic mass is 16.7. The predicted octanol–water partition coefficient (Wildman–Crippen LogP) is -0.473. The number of ether oxygens (including phenoxy) is 1. The van der Waals surface area contributed by atoms with Gasteiger partial charge in [-0.05, 0) is 6.42 Å². The van der Waals surface area contributed by atoms with E-state index in [4.69, 9.17) is 9.57 Å². The van der Waals surface area contributed by atoms with Crippen LogP contribution in [0.4, 0.5) is 0 Å². The Labute approximate surface area is 60.0 Å². The van der Waals surface area contributed by atoms with Crippen molar-refractivity contribution in [1.82, 2.24) is 10.4 Å². The fraction of sp³-hybridized carbons (Fsp3) is 1.00. The van der Waals surface area contributed by atoms with Gasteiger partial charge in [0.1, 0.15) is 6.23 Å². The third-order valence-corrected chi connectivity index (χ3v) is 1.80. The predicted molar refractivity (Wildman–Crippen MR) is 35.0 cm³/mol. The normalized spacial score (nSPS) is 35.4. The number of hydroxylamine groups is 2. The lowest BCUT2D eigenvalue weighted by molar-refractivity contribution is -0.201. The second kappa shape index (κ2) is 2.84. The summed E-state index contributed by atoms with van der Waals surface area (Å²) in [5.41, 5.74) is 0. The monoisotopic (exact) mass is 144 g/mol. The molecule has 0 radical (unpaired) electrons. The third-order valence-electron chi connectivity index (χ3n) is 1.80. The molecule has 2 saturated heterocycles. The van der Waals surface area contributed by atoms with Crippen LogP contribution in [0.5, 0.6) is 0 Å². The van der Waals surface area contributed by atoms with Crippen LogP contribution in [-0.4, -0.2) is 37.7 Å². The molecule has 4 heteroatoms. The number of nitrogens with one attached hydrogen (secondary N) is 1. The zero-order valence-corrected chi connectivity index (χ0v) is 5.88. The average molecular weight is 144 g/mol. The lowest BCUT2D eigenvalue weighted by Gasteiger charge is -2.19. The average Bonchev–Trinajstić information content (AvgIpc) is 2.59. The highest BCUT2D eigenvalue weighted by Gasteiger charge is 2.26. The molecule has 0 aromatic rings. The van der Waals surface area contributed by atoms with Crippen molar-refractivity contribution in [2.75, 3.05) is 26.4 Å². The fourth-order valence-electron chi connectivity index (χ4n) is 1.28. The van der Waals surface area contributed by atoms with Gasteiger partial charge in [0.25, 0.3) is 0 Å². The minimum absolute atomic E-state index is 0.155. The van der Waals surface area contributed by atoms with Crippen LogP contribution < -0.4 is 5.32 Å². The van der Waals surface area contributed by atoms with Crippen LogP contribution >= 0.6 is 0 Å². The molecule has 2 fully saturated rings. The van der Waals surface area contributed by atoms with E-state index < -0.39 is 0 Å². The Morgan fingerprint density at radius 2 is 2.50 bits per heavy atom. The summed E-state index contributed by atoms with van der Waals surface area (Å²) in [5, 5.41) is 5.02. The van der Waals surface area contributed by atoms with Gasteiger partial charge in [0.2, 0.25) is 0 Å². The van der Waals surface area contributed by atoms with Gasteiger partial charge in [-0.15, -0.1) is 0 Å². The topological polar surface area (TPSA) is 33.7 Å². The summed E-state index contributed by atoms with van der Waals surface area (Å²) in [6.07, 6.45) is 1.28. The van der Waals surface area contributed by atoms with Crippen LogP contribution in [0.1, 0.15) is 6.42 Å². The lowest BCUT2D eigenvalue weighted by Crippen LogP contribution is -2.34. The molecule has 2 aliphatic heterocycles. The Hall–Kier alpha value is -0.160. The van der Waals surface area contributed by atoms with Crippen molar-refractivity contribution >= 4 is 0 Å². The first kappa shape index (κ1) is 6.54. The summed E-state index contributed by atoms with van der Waals surface area (Å²) in [6, 6.07) is 0. The molecule has 0 bridgehead atoms. The van der Waals surface area contributed by atoms with Gasteiger partial charge in [0.05, 0.1) is 13.3 Å². The number of hydrogen-bond acceptors (Lipinski definition) is 4. The van der Waals surface area contributed by atoms with Gasteiger partial charge in [-0.3, -0.25) is 10.2 Å². The summed E-state index contributed by atoms with van der Waals surface area (Å²) in [5.74, 6) is 0. The zero-order valence-electron chi connectivity index (χ0n) is 5.88. The second-order valence-corrected chi connectivity index (χ2v) is 2.55. The first-order chi connectivity index (χ1) is 4.97. The van der Waals surface area contributed by atoms with Gasteiger partial charge in [-0.2, -0.15) is 5.06 Å². The minimum atomic E-state index is 0.155. The van der Waals surface area contributed by atoms with E-state index >= 15 is 0 Å². The van der Waals surface area contributed by atoms with Crippen LogP contribution in [0.25, 0.3) is 0 Å². The van der Waals surface area contributed by atoms with Crippen molar-refractivity contribution in [3.05, 3.63) is 0 Å². The van der Waals surface area contributed by atoms with Gasteiger partial charge in [-0.25, -0.2) is 0 Å². The van der Waals surface area contributed by atoms with Crippen LogP contribution in [-0.2, 0) is 9.57 Å². The molecular weight excluding hydrogens is 132 g/mol. The van der Waals surface area contributed by atoms with E-state index in [0.29, 0.717) is 6.73 Å². The first-order valence-electron chi connectivity index (χ1n) is 3.69. The summed E-state index contributed by atoms with van der Waals surface area (Å²) >= 11 is 0. The van der Waals surface area contributed by atoms with Gasteiger partial charge in [-0.1, -0.05) is 0 Å². The Morgan fingerprint density at radius 3 is 3.10 bits per heavy atom. The summed E-state index contributed by atoms with van der Waals surface area (Å²) in [7, 11) is 0. The Bertz CT molecular complexity index is 94.3. The molecule has 0 amide bonds. The van der Waals surface area contributed by atoms with Crippen molar-refractivity contribution in [3.8, 4) is 0 Å². The highest BCUT2D eigenvalue weighted by Crippen LogP contribution is 2.11. The third kappa shape index (κ3) is 1.15. The smallest absolute Gasteiger partial charge is 0.147 e. The number of nitrogens with zero attached hydrogens (tertiary/aromatic N) is 1. The molecule has 2 heterocycles. The molecule has 4 nitrogen and oxygen atoms in total. The Morgan fingerprint density at radius 1 is 1.50 bits per heavy atom. The molecule has 1 atom stereocenters. The zero-order chi connectivity index (χ0) is 6.81. The van der Waals surface area contributed by atoms with Crippen molar-refractivity contribution < 1.29 is 9.57 Å². The van der Waals surface area contributed by atoms with E-state index in [9.17, 15) is 0 Å². The van der Waals surface area contributed by atoms with Gasteiger partial charge < -0.3 is 4.74 Å². The molecular formula is C6H12N2O2. The Kier molecular flexibility index (Phi) is 1.86. The number of rotatable bonds is 1. The van der Waals surface area contributed by atoms with E-state index in [-0.39, 0.29) is 6.23 Å².